The van der Waals surface area contributed by atoms with Gasteiger partial charge in [0.2, 0.25) is 0 Å². The number of rotatable bonds is 5. The molecule has 26 heavy (non-hydrogen) atoms. The lowest BCUT2D eigenvalue weighted by molar-refractivity contribution is -0.131. The van der Waals surface area contributed by atoms with Gasteiger partial charge in [-0.3, -0.25) is 9.36 Å². The van der Waals surface area contributed by atoms with Crippen molar-refractivity contribution in [2.24, 2.45) is 0 Å². The first kappa shape index (κ1) is 18.4. The number of nitrogens with zero attached hydrogens (tertiary/aromatic N) is 2. The maximum absolute atomic E-state index is 13.6. The third-order valence-corrected chi connectivity index (χ3v) is 6.79. The van der Waals surface area contributed by atoms with Crippen LogP contribution in [0, 0.1) is 0 Å². The second-order valence-electron chi connectivity index (χ2n) is 7.75. The maximum Gasteiger partial charge on any atom is 0.320 e. The van der Waals surface area contributed by atoms with Crippen LogP contribution in [0.4, 0.5) is 4.79 Å². The molecule has 1 unspecified atom stereocenters. The molecular formula is C21H26N2O2Si. The molecule has 0 aliphatic carbocycles. The number of carbonyl (C=O) groups is 2. The van der Waals surface area contributed by atoms with Crippen molar-refractivity contribution < 1.29 is 9.59 Å². The standard InChI is InChI=1S/C21H26N2O2Si/c1-5-21(18-14-10-7-11-15-18)19(24)23(26(2,3)4)20(25)22(21)16-17-12-8-6-9-13-17/h6-15H,5,16H2,1-4H3. The van der Waals surface area contributed by atoms with Crippen molar-refractivity contribution in [2.75, 3.05) is 0 Å². The van der Waals surface area contributed by atoms with Gasteiger partial charge in [-0.2, -0.15) is 0 Å². The second kappa shape index (κ2) is 6.72. The first-order chi connectivity index (χ1) is 12.3. The van der Waals surface area contributed by atoms with Gasteiger partial charge in [-0.15, -0.1) is 0 Å². The van der Waals surface area contributed by atoms with Crippen LogP contribution in [-0.4, -0.2) is 29.6 Å². The smallest absolute Gasteiger partial charge is 0.302 e. The summed E-state index contributed by atoms with van der Waals surface area (Å²) in [6, 6.07) is 19.4. The fourth-order valence-electron chi connectivity index (χ4n) is 3.77. The molecule has 0 saturated carbocycles. The highest BCUT2D eigenvalue weighted by atomic mass is 28.3. The van der Waals surface area contributed by atoms with E-state index in [1.165, 1.54) is 0 Å². The number of hydrogen-bond acceptors (Lipinski definition) is 2. The molecule has 0 spiro atoms. The van der Waals surface area contributed by atoms with E-state index in [0.29, 0.717) is 13.0 Å². The van der Waals surface area contributed by atoms with E-state index < -0.39 is 13.8 Å². The monoisotopic (exact) mass is 366 g/mol. The van der Waals surface area contributed by atoms with Crippen molar-refractivity contribution in [1.82, 2.24) is 9.47 Å². The van der Waals surface area contributed by atoms with Crippen LogP contribution in [0.1, 0.15) is 24.5 Å². The van der Waals surface area contributed by atoms with E-state index in [1.807, 2.05) is 87.2 Å². The van der Waals surface area contributed by atoms with Crippen LogP contribution in [0.15, 0.2) is 60.7 Å². The van der Waals surface area contributed by atoms with Gasteiger partial charge in [0.15, 0.2) is 8.24 Å². The Morgan fingerprint density at radius 1 is 0.885 bits per heavy atom. The molecule has 4 nitrogen and oxygen atoms in total. The highest BCUT2D eigenvalue weighted by Crippen LogP contribution is 2.43. The molecule has 1 atom stereocenters. The topological polar surface area (TPSA) is 40.6 Å². The van der Waals surface area contributed by atoms with Crippen LogP contribution in [0.5, 0.6) is 0 Å². The lowest BCUT2D eigenvalue weighted by Crippen LogP contribution is -2.51. The van der Waals surface area contributed by atoms with E-state index in [-0.39, 0.29) is 11.9 Å². The average Bonchev–Trinajstić information content (AvgIpc) is 2.84. The number of hydrogen-bond donors (Lipinski definition) is 0. The minimum Gasteiger partial charge on any atom is -0.302 e. The molecule has 136 valence electrons. The lowest BCUT2D eigenvalue weighted by atomic mass is 9.85. The van der Waals surface area contributed by atoms with E-state index in [4.69, 9.17) is 0 Å². The summed E-state index contributed by atoms with van der Waals surface area (Å²) in [6.07, 6.45) is 0.551. The van der Waals surface area contributed by atoms with Crippen LogP contribution in [-0.2, 0) is 16.9 Å². The van der Waals surface area contributed by atoms with E-state index in [0.717, 1.165) is 11.1 Å². The van der Waals surface area contributed by atoms with Gasteiger partial charge < -0.3 is 4.90 Å². The van der Waals surface area contributed by atoms with Crippen molar-refractivity contribution in [3.05, 3.63) is 71.8 Å². The summed E-state index contributed by atoms with van der Waals surface area (Å²) in [5.41, 5.74) is 0.978. The Morgan fingerprint density at radius 3 is 1.92 bits per heavy atom. The minimum atomic E-state index is -2.15. The van der Waals surface area contributed by atoms with Gasteiger partial charge in [-0.25, -0.2) is 4.79 Å². The summed E-state index contributed by atoms with van der Waals surface area (Å²) in [5, 5.41) is 0. The number of imide groups is 1. The molecule has 3 rings (SSSR count). The fraction of sp³-hybridized carbons (Fsp3) is 0.333. The molecule has 0 radical (unpaired) electrons. The molecule has 1 heterocycles. The molecule has 1 saturated heterocycles. The predicted octanol–water partition coefficient (Wildman–Crippen LogP) is 4.59. The summed E-state index contributed by atoms with van der Waals surface area (Å²) in [6.45, 7) is 8.54. The van der Waals surface area contributed by atoms with Gasteiger partial charge in [-0.05, 0) is 17.5 Å². The number of carbonyl (C=O) groups excluding carboxylic acids is 2. The van der Waals surface area contributed by atoms with Gasteiger partial charge >= 0.3 is 6.03 Å². The van der Waals surface area contributed by atoms with Gasteiger partial charge in [0.05, 0.1) is 0 Å². The largest absolute Gasteiger partial charge is 0.320 e. The van der Waals surface area contributed by atoms with Crippen LogP contribution >= 0.6 is 0 Å². The summed E-state index contributed by atoms with van der Waals surface area (Å²) in [5.74, 6) is -0.0775. The Bertz CT molecular complexity index is 802. The highest BCUT2D eigenvalue weighted by Gasteiger charge is 2.59. The van der Waals surface area contributed by atoms with E-state index in [9.17, 15) is 9.59 Å². The van der Waals surface area contributed by atoms with E-state index in [2.05, 4.69) is 0 Å². The maximum atomic E-state index is 13.6. The molecule has 5 heteroatoms. The molecule has 1 fully saturated rings. The molecular weight excluding hydrogens is 340 g/mol. The van der Waals surface area contributed by atoms with Crippen LogP contribution in [0.2, 0.25) is 19.6 Å². The Hall–Kier alpha value is -2.40. The minimum absolute atomic E-state index is 0.0775. The van der Waals surface area contributed by atoms with Gasteiger partial charge in [0, 0.05) is 6.54 Å². The first-order valence-electron chi connectivity index (χ1n) is 9.08. The van der Waals surface area contributed by atoms with Crippen LogP contribution in [0.25, 0.3) is 0 Å². The lowest BCUT2D eigenvalue weighted by Gasteiger charge is -2.35. The van der Waals surface area contributed by atoms with Gasteiger partial charge in [-0.1, -0.05) is 87.2 Å². The Kier molecular flexibility index (Phi) is 4.75. The predicted molar refractivity (Wildman–Crippen MR) is 106 cm³/mol. The summed E-state index contributed by atoms with van der Waals surface area (Å²) >= 11 is 0. The van der Waals surface area contributed by atoms with E-state index >= 15 is 0 Å². The number of benzene rings is 2. The fourth-order valence-corrected chi connectivity index (χ4v) is 5.26. The third kappa shape index (κ3) is 2.86. The van der Waals surface area contributed by atoms with Crippen molar-refractivity contribution >= 4 is 20.2 Å². The van der Waals surface area contributed by atoms with Crippen LogP contribution in [0.3, 0.4) is 0 Å². The average molecular weight is 367 g/mol. The molecule has 0 bridgehead atoms. The first-order valence-corrected chi connectivity index (χ1v) is 12.5. The zero-order chi connectivity index (χ0) is 18.9. The molecule has 2 aromatic rings. The zero-order valence-electron chi connectivity index (χ0n) is 15.9. The highest BCUT2D eigenvalue weighted by molar-refractivity contribution is 6.78. The van der Waals surface area contributed by atoms with Crippen LogP contribution < -0.4 is 0 Å². The van der Waals surface area contributed by atoms with Crippen molar-refractivity contribution in [3.8, 4) is 0 Å². The Labute approximate surface area is 156 Å². The van der Waals surface area contributed by atoms with Crippen molar-refractivity contribution in [1.29, 1.82) is 0 Å². The third-order valence-electron chi connectivity index (χ3n) is 5.06. The Morgan fingerprint density at radius 2 is 1.42 bits per heavy atom. The summed E-state index contributed by atoms with van der Waals surface area (Å²) in [4.78, 5) is 28.8. The van der Waals surface area contributed by atoms with Crippen molar-refractivity contribution in [3.63, 3.8) is 0 Å². The summed E-state index contributed by atoms with van der Waals surface area (Å²) < 4.78 is 1.56. The number of amides is 3. The van der Waals surface area contributed by atoms with E-state index in [1.54, 1.807) is 9.47 Å². The molecule has 1 aliphatic rings. The quantitative estimate of drug-likeness (QED) is 0.573. The zero-order valence-corrected chi connectivity index (χ0v) is 16.9. The molecule has 1 aliphatic heterocycles. The van der Waals surface area contributed by atoms with Crippen molar-refractivity contribution in [2.45, 2.75) is 45.1 Å². The van der Waals surface area contributed by atoms with Gasteiger partial charge in [0.25, 0.3) is 5.91 Å². The van der Waals surface area contributed by atoms with Gasteiger partial charge in [0.1, 0.15) is 5.54 Å². The SMILES string of the molecule is CCC1(c2ccccc2)C(=O)N([Si](C)(C)C)C(=O)N1Cc1ccccc1. The molecule has 0 N–H and O–H groups in total. The molecule has 0 aromatic heterocycles. The Balaban J connectivity index is 2.16. The normalized spacial score (nSPS) is 20.8. The molecule has 3 amide bonds. The second-order valence-corrected chi connectivity index (χ2v) is 12.5. The number of urea groups is 1. The molecule has 2 aromatic carbocycles. The summed E-state index contributed by atoms with van der Waals surface area (Å²) in [7, 11) is -2.15.